The van der Waals surface area contributed by atoms with Gasteiger partial charge in [-0.25, -0.2) is 18.4 Å². The van der Waals surface area contributed by atoms with Gasteiger partial charge >= 0.3 is 0 Å². The van der Waals surface area contributed by atoms with E-state index in [1.165, 1.54) is 18.0 Å². The second kappa shape index (κ2) is 10.4. The molecule has 0 radical (unpaired) electrons. The Morgan fingerprint density at radius 2 is 1.90 bits per heavy atom. The van der Waals surface area contributed by atoms with E-state index in [4.69, 9.17) is 11.2 Å². The van der Waals surface area contributed by atoms with Crippen LogP contribution in [-0.4, -0.2) is 90.9 Å². The molecule has 3 fully saturated rings. The number of nitrogens with zero attached hydrogens (tertiary/aromatic N) is 5. The number of piperidine rings is 1. The molecule has 0 unspecified atom stereocenters. The summed E-state index contributed by atoms with van der Waals surface area (Å²) in [4.78, 5) is 27.2. The zero-order valence-corrected chi connectivity index (χ0v) is 23.5. The minimum Gasteiger partial charge on any atom is -0.482 e. The normalized spacial score (nSPS) is 22.9. The predicted octanol–water partition coefficient (Wildman–Crippen LogP) is 2.47. The number of hydrogen-bond acceptors (Lipinski definition) is 9. The monoisotopic (exact) mass is 562 g/mol. The van der Waals surface area contributed by atoms with Gasteiger partial charge in [-0.05, 0) is 62.5 Å². The van der Waals surface area contributed by atoms with Gasteiger partial charge in [-0.3, -0.25) is 9.69 Å². The van der Waals surface area contributed by atoms with Crippen LogP contribution in [-0.2, 0) is 14.6 Å². The number of anilines is 3. The largest absolute Gasteiger partial charge is 0.482 e. The molecule has 1 amide bonds. The van der Waals surface area contributed by atoms with E-state index in [-0.39, 0.29) is 17.4 Å². The molecule has 3 saturated heterocycles. The van der Waals surface area contributed by atoms with Crippen molar-refractivity contribution >= 4 is 33.1 Å². The van der Waals surface area contributed by atoms with Gasteiger partial charge in [0, 0.05) is 32.2 Å². The molecule has 2 aromatic rings. The van der Waals surface area contributed by atoms with Crippen LogP contribution in [0, 0.1) is 12.3 Å². The molecule has 6 rings (SSSR count). The van der Waals surface area contributed by atoms with Crippen LogP contribution in [0.4, 0.5) is 17.3 Å². The molecule has 0 spiro atoms. The standard InChI is InChI=1S/C29H34N6O4S/c1-4-20-14-22(21-6-8-33(9-7-21)23-16-35(17-23)25(36)5-2)15-24-27(20)39-19(3)26-28(32-24)30-18-31-29(26)34-10-12-40(37,38)13-11-34/h1,5,14-15,18-19,21,23H,2,6-13,16-17H2,3H3,(H,30,31,32)/t19-/m1/s1. The molecule has 1 N–H and O–H groups in total. The van der Waals surface area contributed by atoms with Crippen LogP contribution in [0.1, 0.15) is 48.5 Å². The third-order valence-electron chi connectivity index (χ3n) is 8.59. The van der Waals surface area contributed by atoms with E-state index in [1.54, 1.807) is 0 Å². The van der Waals surface area contributed by atoms with E-state index in [1.807, 2.05) is 16.7 Å². The average molecular weight is 563 g/mol. The van der Waals surface area contributed by atoms with E-state index in [9.17, 15) is 13.2 Å². The van der Waals surface area contributed by atoms with Crippen LogP contribution in [0.2, 0.25) is 0 Å². The second-order valence-corrected chi connectivity index (χ2v) is 13.3. The fourth-order valence-electron chi connectivity index (χ4n) is 6.21. The van der Waals surface area contributed by atoms with Crippen molar-refractivity contribution in [1.29, 1.82) is 0 Å². The lowest BCUT2D eigenvalue weighted by Gasteiger charge is -2.47. The maximum Gasteiger partial charge on any atom is 0.246 e. The van der Waals surface area contributed by atoms with Crippen molar-refractivity contribution in [2.24, 2.45) is 0 Å². The Bertz CT molecular complexity index is 1470. The number of fused-ring (bicyclic) bond motifs is 2. The Morgan fingerprint density at radius 3 is 2.58 bits per heavy atom. The van der Waals surface area contributed by atoms with E-state index < -0.39 is 15.9 Å². The Kier molecular flexibility index (Phi) is 6.92. The van der Waals surface area contributed by atoms with Crippen LogP contribution in [0.25, 0.3) is 0 Å². The van der Waals surface area contributed by atoms with Crippen molar-refractivity contribution in [3.8, 4) is 18.1 Å². The molecular formula is C29H34N6O4S. The molecule has 0 bridgehead atoms. The first kappa shape index (κ1) is 26.6. The summed E-state index contributed by atoms with van der Waals surface area (Å²) in [6.45, 7) is 9.77. The zero-order valence-electron chi connectivity index (χ0n) is 22.7. The first-order valence-corrected chi connectivity index (χ1v) is 15.6. The van der Waals surface area contributed by atoms with E-state index in [0.717, 1.165) is 50.3 Å². The number of likely N-dealkylation sites (tertiary alicyclic amines) is 2. The van der Waals surface area contributed by atoms with Crippen molar-refractivity contribution in [2.75, 3.05) is 61.0 Å². The van der Waals surface area contributed by atoms with Gasteiger partial charge in [0.2, 0.25) is 5.91 Å². The van der Waals surface area contributed by atoms with Gasteiger partial charge in [0.25, 0.3) is 0 Å². The SMILES string of the molecule is C#Cc1cc(C2CCN(C3CN(C(=O)C=C)C3)CC2)cc2c1O[C@H](C)c1c(ncnc1N1CCS(=O)(=O)CC1)N2. The molecule has 210 valence electrons. The molecule has 1 aromatic heterocycles. The van der Waals surface area contributed by atoms with Crippen molar-refractivity contribution in [3.05, 3.63) is 47.8 Å². The number of rotatable bonds is 4. The van der Waals surface area contributed by atoms with Gasteiger partial charge in [-0.1, -0.05) is 12.5 Å². The van der Waals surface area contributed by atoms with Crippen molar-refractivity contribution in [1.82, 2.24) is 19.8 Å². The fourth-order valence-corrected chi connectivity index (χ4v) is 7.41. The average Bonchev–Trinajstić information content (AvgIpc) is 3.07. The minimum atomic E-state index is -3.02. The Hall–Kier alpha value is -3.62. The lowest BCUT2D eigenvalue weighted by molar-refractivity contribution is -0.133. The maximum atomic E-state index is 12.0. The van der Waals surface area contributed by atoms with Gasteiger partial charge < -0.3 is 19.9 Å². The number of sulfone groups is 1. The van der Waals surface area contributed by atoms with Crippen LogP contribution in [0.5, 0.6) is 5.75 Å². The molecule has 4 aliphatic heterocycles. The number of amides is 1. The fraction of sp³-hybridized carbons (Fsp3) is 0.483. The first-order chi connectivity index (χ1) is 19.3. The summed E-state index contributed by atoms with van der Waals surface area (Å²) < 4.78 is 30.5. The highest BCUT2D eigenvalue weighted by atomic mass is 32.2. The van der Waals surface area contributed by atoms with Crippen molar-refractivity contribution in [3.63, 3.8) is 0 Å². The summed E-state index contributed by atoms with van der Waals surface area (Å²) >= 11 is 0. The van der Waals surface area contributed by atoms with Gasteiger partial charge in [0.05, 0.1) is 28.3 Å². The van der Waals surface area contributed by atoms with Gasteiger partial charge in [0.1, 0.15) is 24.1 Å². The van der Waals surface area contributed by atoms with Gasteiger partial charge in [-0.15, -0.1) is 6.42 Å². The molecule has 11 heteroatoms. The summed E-state index contributed by atoms with van der Waals surface area (Å²) in [6, 6.07) is 4.61. The van der Waals surface area contributed by atoms with E-state index >= 15 is 0 Å². The van der Waals surface area contributed by atoms with Crippen LogP contribution in [0.3, 0.4) is 0 Å². The molecule has 0 saturated carbocycles. The molecule has 1 atom stereocenters. The number of ether oxygens (including phenoxy) is 1. The lowest BCUT2D eigenvalue weighted by atomic mass is 9.87. The molecule has 1 aromatic carbocycles. The molecular weight excluding hydrogens is 528 g/mol. The summed E-state index contributed by atoms with van der Waals surface area (Å²) in [5, 5.41) is 3.48. The number of benzene rings is 1. The quantitative estimate of drug-likeness (QED) is 0.444. The number of hydrogen-bond donors (Lipinski definition) is 1. The summed E-state index contributed by atoms with van der Waals surface area (Å²) in [5.41, 5.74) is 3.44. The smallest absolute Gasteiger partial charge is 0.246 e. The third-order valence-corrected chi connectivity index (χ3v) is 10.2. The third kappa shape index (κ3) is 4.90. The lowest BCUT2D eigenvalue weighted by Crippen LogP contribution is -2.61. The van der Waals surface area contributed by atoms with E-state index in [2.05, 4.69) is 44.8 Å². The predicted molar refractivity (Wildman–Crippen MR) is 154 cm³/mol. The maximum absolute atomic E-state index is 12.0. The number of terminal acetylenes is 1. The number of aromatic nitrogens is 2. The Morgan fingerprint density at radius 1 is 1.18 bits per heavy atom. The number of carbonyl (C=O) groups is 1. The number of nitrogens with one attached hydrogen (secondary N) is 1. The summed E-state index contributed by atoms with van der Waals surface area (Å²) in [5.74, 6) is 5.34. The summed E-state index contributed by atoms with van der Waals surface area (Å²) in [7, 11) is -3.02. The van der Waals surface area contributed by atoms with Crippen molar-refractivity contribution < 1.29 is 17.9 Å². The highest BCUT2D eigenvalue weighted by Gasteiger charge is 2.36. The Labute approximate surface area is 235 Å². The first-order valence-electron chi connectivity index (χ1n) is 13.8. The number of carbonyl (C=O) groups excluding carboxylic acids is 1. The van der Waals surface area contributed by atoms with Crippen LogP contribution in [0.15, 0.2) is 31.1 Å². The van der Waals surface area contributed by atoms with E-state index in [0.29, 0.717) is 48.0 Å². The molecule has 0 aliphatic carbocycles. The Balaban J connectivity index is 1.22. The van der Waals surface area contributed by atoms with Crippen LogP contribution < -0.4 is 15.0 Å². The molecule has 5 heterocycles. The summed E-state index contributed by atoms with van der Waals surface area (Å²) in [6.07, 6.45) is 10.5. The van der Waals surface area contributed by atoms with Gasteiger partial charge in [-0.2, -0.15) is 0 Å². The molecule has 40 heavy (non-hydrogen) atoms. The van der Waals surface area contributed by atoms with Gasteiger partial charge in [0.15, 0.2) is 15.6 Å². The highest BCUT2D eigenvalue weighted by Crippen LogP contribution is 2.45. The topological polar surface area (TPSA) is 108 Å². The molecule has 4 aliphatic rings. The minimum absolute atomic E-state index is 0.00445. The second-order valence-electron chi connectivity index (χ2n) is 11.0. The van der Waals surface area contributed by atoms with Crippen LogP contribution >= 0.6 is 0 Å². The zero-order chi connectivity index (χ0) is 28.0. The molecule has 10 nitrogen and oxygen atoms in total. The highest BCUT2D eigenvalue weighted by molar-refractivity contribution is 7.91. The van der Waals surface area contributed by atoms with Crippen molar-refractivity contribution in [2.45, 2.75) is 37.8 Å².